The van der Waals surface area contributed by atoms with Crippen LogP contribution in [0.15, 0.2) is 12.1 Å². The Morgan fingerprint density at radius 2 is 1.59 bits per heavy atom. The first kappa shape index (κ1) is 22.6. The molecule has 1 unspecified atom stereocenters. The van der Waals surface area contributed by atoms with Gasteiger partial charge in [0.15, 0.2) is 24.1 Å². The molecule has 164 valence electrons. The standard InChI is InChI=1S/C23H34F4OSi/c1-2-3-10-29-11-8-18(9-12-29)16-4-6-17(7-5-16)19-13-20(25)23(21(26)14-19)28-22(27)15-24/h13-14,16-18,22,29H,2-12,15H2,1H3. The molecule has 0 N–H and O–H groups in total. The second-order valence-corrected chi connectivity index (χ2v) is 12.5. The molecule has 0 amide bonds. The van der Waals surface area contributed by atoms with Crippen LogP contribution >= 0.6 is 0 Å². The predicted octanol–water partition coefficient (Wildman–Crippen LogP) is 7.32. The van der Waals surface area contributed by atoms with Crippen molar-refractivity contribution in [3.63, 3.8) is 0 Å². The molecule has 1 heterocycles. The van der Waals surface area contributed by atoms with E-state index in [1.807, 2.05) is 0 Å². The van der Waals surface area contributed by atoms with Gasteiger partial charge in [-0.05, 0) is 61.1 Å². The molecule has 1 saturated carbocycles. The van der Waals surface area contributed by atoms with E-state index >= 15 is 0 Å². The molecule has 0 radical (unpaired) electrons. The summed E-state index contributed by atoms with van der Waals surface area (Å²) in [4.78, 5) is 0. The molecule has 0 spiro atoms. The molecular formula is C23H34F4OSi. The van der Waals surface area contributed by atoms with Crippen molar-refractivity contribution in [1.29, 1.82) is 0 Å². The summed E-state index contributed by atoms with van der Waals surface area (Å²) in [6.45, 7) is 0.840. The SMILES string of the molecule is CCCC[SiH]1CCC(C2CCC(c3cc(F)c(OC(F)CF)c(F)c3)CC2)CC1. The second-order valence-electron chi connectivity index (χ2n) is 9.03. The first-order valence-electron chi connectivity index (χ1n) is 11.4. The topological polar surface area (TPSA) is 9.23 Å². The third kappa shape index (κ3) is 5.99. The maximum atomic E-state index is 14.2. The van der Waals surface area contributed by atoms with Crippen molar-refractivity contribution in [2.45, 2.75) is 88.7 Å². The van der Waals surface area contributed by atoms with Crippen molar-refractivity contribution < 1.29 is 22.3 Å². The Labute approximate surface area is 173 Å². The average Bonchev–Trinajstić information content (AvgIpc) is 2.75. The van der Waals surface area contributed by atoms with Gasteiger partial charge in [0.2, 0.25) is 0 Å². The first-order valence-corrected chi connectivity index (χ1v) is 13.8. The van der Waals surface area contributed by atoms with Gasteiger partial charge in [0.05, 0.1) is 0 Å². The van der Waals surface area contributed by atoms with Gasteiger partial charge in [-0.25, -0.2) is 13.2 Å². The molecule has 1 nitrogen and oxygen atoms in total. The van der Waals surface area contributed by atoms with Crippen LogP contribution in [0.3, 0.4) is 0 Å². The lowest BCUT2D eigenvalue weighted by molar-refractivity contribution is 0.0362. The van der Waals surface area contributed by atoms with Gasteiger partial charge in [0, 0.05) is 8.80 Å². The summed E-state index contributed by atoms with van der Waals surface area (Å²) < 4.78 is 58.1. The van der Waals surface area contributed by atoms with Gasteiger partial charge in [0.1, 0.15) is 0 Å². The molecule has 1 saturated heterocycles. The normalized spacial score (nSPS) is 28.9. The molecule has 1 aromatic carbocycles. The summed E-state index contributed by atoms with van der Waals surface area (Å²) in [6, 6.07) is 6.98. The summed E-state index contributed by atoms with van der Waals surface area (Å²) in [7, 11) is -0.473. The third-order valence-corrected chi connectivity index (χ3v) is 10.7. The lowest BCUT2D eigenvalue weighted by Crippen LogP contribution is -2.28. The fraction of sp³-hybridized carbons (Fsp3) is 0.739. The zero-order valence-corrected chi connectivity index (χ0v) is 18.6. The Kier molecular flexibility index (Phi) is 8.45. The highest BCUT2D eigenvalue weighted by atomic mass is 28.3. The Morgan fingerprint density at radius 3 is 2.14 bits per heavy atom. The fourth-order valence-corrected chi connectivity index (χ4v) is 9.10. The maximum absolute atomic E-state index is 14.2. The highest BCUT2D eigenvalue weighted by Crippen LogP contribution is 2.44. The van der Waals surface area contributed by atoms with Crippen molar-refractivity contribution in [3.05, 3.63) is 29.3 Å². The third-order valence-electron chi connectivity index (χ3n) is 7.15. The van der Waals surface area contributed by atoms with Crippen LogP contribution in [-0.4, -0.2) is 21.8 Å². The molecule has 6 heteroatoms. The number of halogens is 4. The van der Waals surface area contributed by atoms with Gasteiger partial charge in [-0.2, -0.15) is 4.39 Å². The van der Waals surface area contributed by atoms with E-state index in [2.05, 4.69) is 11.7 Å². The molecule has 29 heavy (non-hydrogen) atoms. The molecule has 0 bridgehead atoms. The van der Waals surface area contributed by atoms with Crippen LogP contribution in [-0.2, 0) is 0 Å². The molecule has 2 fully saturated rings. The molecule has 0 aromatic heterocycles. The predicted molar refractivity (Wildman–Crippen MR) is 112 cm³/mol. The Bertz CT molecular complexity index is 617. The van der Waals surface area contributed by atoms with Crippen LogP contribution < -0.4 is 4.74 Å². The smallest absolute Gasteiger partial charge is 0.266 e. The van der Waals surface area contributed by atoms with E-state index in [9.17, 15) is 17.6 Å². The number of rotatable bonds is 8. The van der Waals surface area contributed by atoms with Gasteiger partial charge >= 0.3 is 0 Å². The quantitative estimate of drug-likeness (QED) is 0.310. The molecule has 1 atom stereocenters. The fourth-order valence-electron chi connectivity index (χ4n) is 5.45. The number of hydrogen-bond donors (Lipinski definition) is 0. The summed E-state index contributed by atoms with van der Waals surface area (Å²) >= 11 is 0. The monoisotopic (exact) mass is 430 g/mol. The minimum atomic E-state index is -2.35. The zero-order valence-electron chi connectivity index (χ0n) is 17.4. The van der Waals surface area contributed by atoms with Crippen LogP contribution in [0.1, 0.15) is 69.8 Å². The largest absolute Gasteiger partial charge is 0.451 e. The van der Waals surface area contributed by atoms with Crippen molar-refractivity contribution >= 4 is 8.80 Å². The number of ether oxygens (including phenoxy) is 1. The van der Waals surface area contributed by atoms with Gasteiger partial charge in [0.25, 0.3) is 6.36 Å². The minimum Gasteiger partial charge on any atom is -0.451 e. The van der Waals surface area contributed by atoms with Crippen LogP contribution in [0.5, 0.6) is 5.75 Å². The van der Waals surface area contributed by atoms with Crippen molar-refractivity contribution in [1.82, 2.24) is 0 Å². The average molecular weight is 431 g/mol. The molecule has 1 aromatic rings. The molecule has 1 aliphatic carbocycles. The number of alkyl halides is 2. The van der Waals surface area contributed by atoms with E-state index in [1.165, 1.54) is 55.9 Å². The Balaban J connectivity index is 1.52. The van der Waals surface area contributed by atoms with Crippen LogP contribution in [0.4, 0.5) is 17.6 Å². The van der Waals surface area contributed by atoms with Gasteiger partial charge in [-0.1, -0.05) is 50.7 Å². The highest BCUT2D eigenvalue weighted by Gasteiger charge is 2.32. The Hall–Kier alpha value is -1.04. The van der Waals surface area contributed by atoms with E-state index in [-0.39, 0.29) is 5.92 Å². The lowest BCUT2D eigenvalue weighted by atomic mass is 9.72. The highest BCUT2D eigenvalue weighted by molar-refractivity contribution is 6.58. The van der Waals surface area contributed by atoms with Gasteiger partial charge in [-0.3, -0.25) is 0 Å². The van der Waals surface area contributed by atoms with Crippen molar-refractivity contribution in [2.75, 3.05) is 6.67 Å². The van der Waals surface area contributed by atoms with E-state index in [0.29, 0.717) is 5.56 Å². The number of unbranched alkanes of at least 4 members (excludes halogenated alkanes) is 1. The summed E-state index contributed by atoms with van der Waals surface area (Å²) in [5, 5.41) is 0. The summed E-state index contributed by atoms with van der Waals surface area (Å²) in [5.74, 6) is -1.00. The van der Waals surface area contributed by atoms with E-state index in [0.717, 1.165) is 37.5 Å². The lowest BCUT2D eigenvalue weighted by Gasteiger charge is -2.37. The summed E-state index contributed by atoms with van der Waals surface area (Å²) in [5.41, 5.74) is 0.608. The van der Waals surface area contributed by atoms with E-state index < -0.39 is 39.2 Å². The van der Waals surface area contributed by atoms with Crippen molar-refractivity contribution in [3.8, 4) is 5.75 Å². The maximum Gasteiger partial charge on any atom is 0.266 e. The number of benzene rings is 1. The zero-order chi connectivity index (χ0) is 20.8. The Morgan fingerprint density at radius 1 is 1.00 bits per heavy atom. The first-order chi connectivity index (χ1) is 14.0. The van der Waals surface area contributed by atoms with E-state index in [1.54, 1.807) is 0 Å². The van der Waals surface area contributed by atoms with Crippen molar-refractivity contribution in [2.24, 2.45) is 11.8 Å². The molecule has 3 rings (SSSR count). The van der Waals surface area contributed by atoms with Crippen LogP contribution in [0.25, 0.3) is 0 Å². The minimum absolute atomic E-state index is 0.127. The van der Waals surface area contributed by atoms with Gasteiger partial charge < -0.3 is 4.74 Å². The molecule has 2 aliphatic rings. The second kappa shape index (κ2) is 10.8. The van der Waals surface area contributed by atoms with Crippen LogP contribution in [0.2, 0.25) is 18.1 Å². The van der Waals surface area contributed by atoms with E-state index in [4.69, 9.17) is 0 Å². The van der Waals surface area contributed by atoms with Gasteiger partial charge in [-0.15, -0.1) is 0 Å². The van der Waals surface area contributed by atoms with Crippen LogP contribution in [0, 0.1) is 23.5 Å². The summed E-state index contributed by atoms with van der Waals surface area (Å²) in [6.07, 6.45) is 7.27. The molecular weight excluding hydrogens is 396 g/mol. The molecule has 1 aliphatic heterocycles. The number of hydrogen-bond acceptors (Lipinski definition) is 1.